The normalized spacial score (nSPS) is 11.4. The first-order valence-electron chi connectivity index (χ1n) is 7.07. The third-order valence-corrected chi connectivity index (χ3v) is 3.30. The lowest BCUT2D eigenvalue weighted by atomic mass is 9.92. The molecule has 5 nitrogen and oxygen atoms in total. The van der Waals surface area contributed by atoms with Gasteiger partial charge in [0.2, 0.25) is 0 Å². The number of carbonyl (C=O) groups excluding carboxylic acids is 1. The number of nitrogens with two attached hydrogens (primary N) is 1. The van der Waals surface area contributed by atoms with Crippen LogP contribution in [0.4, 0.5) is 5.82 Å². The molecule has 2 rings (SSSR count). The maximum atomic E-state index is 12.4. The fourth-order valence-corrected chi connectivity index (χ4v) is 2.07. The van der Waals surface area contributed by atoms with E-state index in [1.165, 1.54) is 0 Å². The van der Waals surface area contributed by atoms with E-state index < -0.39 is 0 Å². The summed E-state index contributed by atoms with van der Waals surface area (Å²) < 4.78 is 0. The molecular weight excluding hydrogens is 264 g/mol. The van der Waals surface area contributed by atoms with Gasteiger partial charge in [-0.1, -0.05) is 39.0 Å². The van der Waals surface area contributed by atoms with Crippen LogP contribution in [0, 0.1) is 0 Å². The molecule has 1 heterocycles. The molecule has 0 aliphatic carbocycles. The predicted molar refractivity (Wildman–Crippen MR) is 84.4 cm³/mol. The average molecular weight is 286 g/mol. The Balaban J connectivity index is 2.17. The number of hydrogen-bond donors (Lipinski definition) is 3. The van der Waals surface area contributed by atoms with Crippen LogP contribution >= 0.6 is 0 Å². The summed E-state index contributed by atoms with van der Waals surface area (Å²) in [5, 5.41) is 9.93. The van der Waals surface area contributed by atoms with E-state index in [1.54, 1.807) is 6.07 Å². The maximum Gasteiger partial charge on any atom is 0.257 e. The first kappa shape index (κ1) is 15.3. The standard InChI is InChI=1S/C16H22N4O/c1-16(2,3)13-10-14(20-19-13)18-15(21)12-7-5-4-6-11(12)8-9-17/h4-7,10H,8-9,17H2,1-3H3,(H2,18,19,20,21). The molecule has 0 atom stereocenters. The molecule has 1 aromatic carbocycles. The number of anilines is 1. The van der Waals surface area contributed by atoms with Crippen molar-refractivity contribution in [2.24, 2.45) is 5.73 Å². The second-order valence-corrected chi connectivity index (χ2v) is 6.07. The number of amides is 1. The number of hydrogen-bond acceptors (Lipinski definition) is 3. The highest BCUT2D eigenvalue weighted by Gasteiger charge is 2.18. The number of nitrogens with one attached hydrogen (secondary N) is 2. The van der Waals surface area contributed by atoms with Crippen LogP contribution in [-0.4, -0.2) is 22.6 Å². The largest absolute Gasteiger partial charge is 0.330 e. The Morgan fingerprint density at radius 2 is 2.05 bits per heavy atom. The van der Waals surface area contributed by atoms with E-state index >= 15 is 0 Å². The molecule has 0 spiro atoms. The minimum absolute atomic E-state index is 0.0343. The van der Waals surface area contributed by atoms with Crippen molar-refractivity contribution in [3.8, 4) is 0 Å². The molecule has 0 unspecified atom stereocenters. The van der Waals surface area contributed by atoms with Gasteiger partial charge in [0, 0.05) is 22.7 Å². The lowest BCUT2D eigenvalue weighted by Gasteiger charge is -2.14. The molecule has 0 fully saturated rings. The molecule has 1 amide bonds. The molecule has 0 aliphatic rings. The lowest BCUT2D eigenvalue weighted by molar-refractivity contribution is 0.102. The van der Waals surface area contributed by atoms with Gasteiger partial charge in [-0.25, -0.2) is 0 Å². The smallest absolute Gasteiger partial charge is 0.257 e. The van der Waals surface area contributed by atoms with Crippen LogP contribution in [0.1, 0.15) is 42.4 Å². The minimum atomic E-state index is -0.161. The summed E-state index contributed by atoms with van der Waals surface area (Å²) in [6.45, 7) is 6.77. The quantitative estimate of drug-likeness (QED) is 0.807. The summed E-state index contributed by atoms with van der Waals surface area (Å²) in [4.78, 5) is 12.4. The van der Waals surface area contributed by atoms with Crippen molar-refractivity contribution in [1.29, 1.82) is 0 Å². The van der Waals surface area contributed by atoms with Crippen LogP contribution in [0.3, 0.4) is 0 Å². The average Bonchev–Trinajstić information content (AvgIpc) is 2.88. The highest BCUT2D eigenvalue weighted by atomic mass is 16.1. The van der Waals surface area contributed by atoms with E-state index in [2.05, 4.69) is 36.3 Å². The van der Waals surface area contributed by atoms with E-state index in [1.807, 2.05) is 24.3 Å². The summed E-state index contributed by atoms with van der Waals surface area (Å²) in [6.07, 6.45) is 0.678. The summed E-state index contributed by atoms with van der Waals surface area (Å²) in [6, 6.07) is 9.35. The Bertz CT molecular complexity index is 625. The number of benzene rings is 1. The molecule has 0 aliphatic heterocycles. The van der Waals surface area contributed by atoms with Gasteiger partial charge in [-0.2, -0.15) is 5.10 Å². The number of nitrogens with zero attached hydrogens (tertiary/aromatic N) is 1. The van der Waals surface area contributed by atoms with Crippen LogP contribution in [0.5, 0.6) is 0 Å². The monoisotopic (exact) mass is 286 g/mol. The second kappa shape index (κ2) is 6.10. The maximum absolute atomic E-state index is 12.4. The molecule has 21 heavy (non-hydrogen) atoms. The highest BCUT2D eigenvalue weighted by molar-refractivity contribution is 6.04. The zero-order valence-electron chi connectivity index (χ0n) is 12.7. The van der Waals surface area contributed by atoms with Gasteiger partial charge in [0.25, 0.3) is 5.91 Å². The third kappa shape index (κ3) is 3.70. The molecule has 112 valence electrons. The Kier molecular flexibility index (Phi) is 4.43. The fraction of sp³-hybridized carbons (Fsp3) is 0.375. The van der Waals surface area contributed by atoms with E-state index in [0.717, 1.165) is 11.3 Å². The van der Waals surface area contributed by atoms with Crippen molar-refractivity contribution >= 4 is 11.7 Å². The first-order chi connectivity index (χ1) is 9.91. The highest BCUT2D eigenvalue weighted by Crippen LogP contribution is 2.22. The van der Waals surface area contributed by atoms with Crippen LogP contribution in [0.15, 0.2) is 30.3 Å². The molecule has 4 N–H and O–H groups in total. The molecule has 2 aromatic rings. The van der Waals surface area contributed by atoms with Gasteiger partial charge in [0.15, 0.2) is 5.82 Å². The van der Waals surface area contributed by atoms with Crippen molar-refractivity contribution in [1.82, 2.24) is 10.2 Å². The molecule has 0 bridgehead atoms. The van der Waals surface area contributed by atoms with Gasteiger partial charge < -0.3 is 11.1 Å². The lowest BCUT2D eigenvalue weighted by Crippen LogP contribution is -2.16. The molecule has 5 heteroatoms. The molecular formula is C16H22N4O. The van der Waals surface area contributed by atoms with E-state index in [0.29, 0.717) is 24.3 Å². The first-order valence-corrected chi connectivity index (χ1v) is 7.07. The minimum Gasteiger partial charge on any atom is -0.330 e. The van der Waals surface area contributed by atoms with Crippen molar-refractivity contribution in [2.75, 3.05) is 11.9 Å². The van der Waals surface area contributed by atoms with Gasteiger partial charge in [-0.3, -0.25) is 9.89 Å². The van der Waals surface area contributed by atoms with Gasteiger partial charge in [-0.15, -0.1) is 0 Å². The van der Waals surface area contributed by atoms with Crippen molar-refractivity contribution in [3.05, 3.63) is 47.2 Å². The zero-order chi connectivity index (χ0) is 15.5. The summed E-state index contributed by atoms with van der Waals surface area (Å²) in [5.41, 5.74) is 8.12. The molecule has 0 saturated carbocycles. The number of H-pyrrole nitrogens is 1. The van der Waals surface area contributed by atoms with Crippen LogP contribution in [0.2, 0.25) is 0 Å². The Labute approximate surface area is 124 Å². The van der Waals surface area contributed by atoms with Crippen LogP contribution in [-0.2, 0) is 11.8 Å². The molecule has 0 saturated heterocycles. The zero-order valence-corrected chi connectivity index (χ0v) is 12.7. The van der Waals surface area contributed by atoms with E-state index in [-0.39, 0.29) is 11.3 Å². The SMILES string of the molecule is CC(C)(C)c1cc(NC(=O)c2ccccc2CCN)n[nH]1. The summed E-state index contributed by atoms with van der Waals surface area (Å²) >= 11 is 0. The summed E-state index contributed by atoms with van der Waals surface area (Å²) in [7, 11) is 0. The fourth-order valence-electron chi connectivity index (χ4n) is 2.07. The Morgan fingerprint density at radius 3 is 2.67 bits per heavy atom. The second-order valence-electron chi connectivity index (χ2n) is 6.07. The van der Waals surface area contributed by atoms with E-state index in [4.69, 9.17) is 5.73 Å². The molecule has 0 radical (unpaired) electrons. The van der Waals surface area contributed by atoms with Crippen molar-refractivity contribution in [3.63, 3.8) is 0 Å². The van der Waals surface area contributed by atoms with Crippen molar-refractivity contribution < 1.29 is 4.79 Å². The van der Waals surface area contributed by atoms with Gasteiger partial charge in [-0.05, 0) is 24.6 Å². The molecule has 1 aromatic heterocycles. The van der Waals surface area contributed by atoms with Crippen LogP contribution in [0.25, 0.3) is 0 Å². The number of rotatable bonds is 4. The van der Waals surface area contributed by atoms with E-state index in [9.17, 15) is 4.79 Å². The van der Waals surface area contributed by atoms with Gasteiger partial charge >= 0.3 is 0 Å². The number of aromatic amines is 1. The van der Waals surface area contributed by atoms with Gasteiger partial charge in [0.1, 0.15) is 0 Å². The van der Waals surface area contributed by atoms with Crippen molar-refractivity contribution in [2.45, 2.75) is 32.6 Å². The number of aromatic nitrogens is 2. The summed E-state index contributed by atoms with van der Waals surface area (Å²) in [5.74, 6) is 0.374. The predicted octanol–water partition coefficient (Wildman–Crippen LogP) is 2.46. The Morgan fingerprint density at radius 1 is 1.33 bits per heavy atom. The topological polar surface area (TPSA) is 83.8 Å². The third-order valence-electron chi connectivity index (χ3n) is 3.30. The van der Waals surface area contributed by atoms with Crippen LogP contribution < -0.4 is 11.1 Å². The van der Waals surface area contributed by atoms with Gasteiger partial charge in [0.05, 0.1) is 0 Å². The Hall–Kier alpha value is -2.14. The number of carbonyl (C=O) groups is 1.